The molecule has 0 fully saturated rings. The lowest BCUT2D eigenvalue weighted by Crippen LogP contribution is -1.93. The first-order chi connectivity index (χ1) is 9.56. The minimum absolute atomic E-state index is 0.371. The Bertz CT molecular complexity index is 816. The molecule has 1 aromatic heterocycles. The maximum absolute atomic E-state index is 6.26. The molecule has 0 saturated carbocycles. The Morgan fingerprint density at radius 1 is 0.900 bits per heavy atom. The number of rotatable bonds is 1. The highest BCUT2D eigenvalue weighted by Gasteiger charge is 2.12. The molecule has 0 aliphatic carbocycles. The van der Waals surface area contributed by atoms with Gasteiger partial charge in [-0.1, -0.05) is 46.9 Å². The summed E-state index contributed by atoms with van der Waals surface area (Å²) < 4.78 is 0. The highest BCUT2D eigenvalue weighted by molar-refractivity contribution is 6.38. The Balaban J connectivity index is 2.33. The first-order valence-corrected chi connectivity index (χ1v) is 7.08. The number of nitrogens with zero attached hydrogens (tertiary/aromatic N) is 2. The van der Waals surface area contributed by atoms with Gasteiger partial charge >= 0.3 is 0 Å². The number of aryl methyl sites for hydroxylation is 1. The molecule has 0 bridgehead atoms. The van der Waals surface area contributed by atoms with Gasteiger partial charge in [0, 0.05) is 10.9 Å². The van der Waals surface area contributed by atoms with Crippen LogP contribution in [0.2, 0.25) is 15.2 Å². The Morgan fingerprint density at radius 3 is 2.40 bits per heavy atom. The number of aromatic nitrogens is 2. The zero-order valence-electron chi connectivity index (χ0n) is 10.5. The molecule has 0 radical (unpaired) electrons. The van der Waals surface area contributed by atoms with Gasteiger partial charge in [-0.25, -0.2) is 9.97 Å². The summed E-state index contributed by atoms with van der Waals surface area (Å²) in [4.78, 5) is 8.82. The highest BCUT2D eigenvalue weighted by atomic mass is 35.5. The van der Waals surface area contributed by atoms with E-state index in [1.807, 2.05) is 37.3 Å². The van der Waals surface area contributed by atoms with Crippen LogP contribution in [0.1, 0.15) is 5.56 Å². The zero-order chi connectivity index (χ0) is 14.3. The number of hydrogen-bond acceptors (Lipinski definition) is 2. The van der Waals surface area contributed by atoms with E-state index >= 15 is 0 Å². The molecule has 2 aromatic carbocycles. The van der Waals surface area contributed by atoms with E-state index in [-0.39, 0.29) is 0 Å². The summed E-state index contributed by atoms with van der Waals surface area (Å²) in [6.45, 7) is 1.95. The van der Waals surface area contributed by atoms with Gasteiger partial charge in [0.05, 0.1) is 15.6 Å². The number of hydrogen-bond donors (Lipinski definition) is 0. The average Bonchev–Trinajstić information content (AvgIpc) is 2.40. The van der Waals surface area contributed by atoms with Gasteiger partial charge in [0.25, 0.3) is 0 Å². The second kappa shape index (κ2) is 5.21. The second-order valence-corrected chi connectivity index (χ2v) is 5.63. The van der Waals surface area contributed by atoms with Crippen LogP contribution in [0.5, 0.6) is 0 Å². The molecule has 5 heteroatoms. The first-order valence-electron chi connectivity index (χ1n) is 5.94. The van der Waals surface area contributed by atoms with Crippen molar-refractivity contribution >= 4 is 45.7 Å². The summed E-state index contributed by atoms with van der Waals surface area (Å²) in [6, 6.07) is 11.1. The highest BCUT2D eigenvalue weighted by Crippen LogP contribution is 2.32. The van der Waals surface area contributed by atoms with E-state index in [0.29, 0.717) is 26.5 Å². The number of fused-ring (bicyclic) bond motifs is 1. The smallest absolute Gasteiger partial charge is 0.163 e. The number of benzene rings is 2. The van der Waals surface area contributed by atoms with E-state index in [0.717, 1.165) is 16.5 Å². The summed E-state index contributed by atoms with van der Waals surface area (Å²) in [5, 5.41) is 2.24. The fourth-order valence-corrected chi connectivity index (χ4v) is 2.81. The standard InChI is InChI=1S/C15H9Cl3N2/c1-8-6-10-13(12(17)7-8)19-15(20-14(10)18)9-4-2-3-5-11(9)16/h2-7H,1H3. The van der Waals surface area contributed by atoms with Gasteiger partial charge in [0.15, 0.2) is 5.82 Å². The quantitative estimate of drug-likeness (QED) is 0.547. The van der Waals surface area contributed by atoms with Gasteiger partial charge in [-0.3, -0.25) is 0 Å². The molecule has 0 unspecified atom stereocenters. The third-order valence-electron chi connectivity index (χ3n) is 2.97. The van der Waals surface area contributed by atoms with Gasteiger partial charge in [0.2, 0.25) is 0 Å². The monoisotopic (exact) mass is 322 g/mol. The molecule has 0 spiro atoms. The van der Waals surface area contributed by atoms with Crippen molar-refractivity contribution in [2.75, 3.05) is 0 Å². The molecule has 0 N–H and O–H groups in total. The molecular weight excluding hydrogens is 315 g/mol. The summed E-state index contributed by atoms with van der Waals surface area (Å²) in [6.07, 6.45) is 0. The maximum atomic E-state index is 6.26. The average molecular weight is 324 g/mol. The van der Waals surface area contributed by atoms with Crippen LogP contribution < -0.4 is 0 Å². The van der Waals surface area contributed by atoms with Crippen LogP contribution in [0, 0.1) is 6.92 Å². The summed E-state index contributed by atoms with van der Waals surface area (Å²) in [5.41, 5.74) is 2.38. The Morgan fingerprint density at radius 2 is 1.65 bits per heavy atom. The van der Waals surface area contributed by atoms with Crippen molar-refractivity contribution < 1.29 is 0 Å². The second-order valence-electron chi connectivity index (χ2n) is 4.46. The lowest BCUT2D eigenvalue weighted by atomic mass is 10.1. The van der Waals surface area contributed by atoms with Crippen LogP contribution in [0.4, 0.5) is 0 Å². The van der Waals surface area contributed by atoms with Gasteiger partial charge in [-0.15, -0.1) is 0 Å². The van der Waals surface area contributed by atoms with Crippen molar-refractivity contribution in [1.29, 1.82) is 0 Å². The molecular formula is C15H9Cl3N2. The zero-order valence-corrected chi connectivity index (χ0v) is 12.8. The lowest BCUT2D eigenvalue weighted by Gasteiger charge is -2.08. The van der Waals surface area contributed by atoms with Crippen molar-refractivity contribution in [3.05, 3.63) is 57.2 Å². The van der Waals surface area contributed by atoms with Gasteiger partial charge in [0.1, 0.15) is 5.15 Å². The molecule has 1 heterocycles. The minimum Gasteiger partial charge on any atom is -0.226 e. The molecule has 20 heavy (non-hydrogen) atoms. The first kappa shape index (κ1) is 13.6. The predicted molar refractivity (Wildman–Crippen MR) is 84.7 cm³/mol. The van der Waals surface area contributed by atoms with Gasteiger partial charge < -0.3 is 0 Å². The molecule has 3 aromatic rings. The van der Waals surface area contributed by atoms with Crippen LogP contribution in [-0.4, -0.2) is 9.97 Å². The molecule has 0 aliphatic heterocycles. The van der Waals surface area contributed by atoms with E-state index in [4.69, 9.17) is 34.8 Å². The Labute approximate surface area is 131 Å². The molecule has 3 rings (SSSR count). The van der Waals surface area contributed by atoms with E-state index in [1.54, 1.807) is 6.07 Å². The van der Waals surface area contributed by atoms with Crippen LogP contribution in [0.15, 0.2) is 36.4 Å². The van der Waals surface area contributed by atoms with Crippen LogP contribution in [-0.2, 0) is 0 Å². The summed E-state index contributed by atoms with van der Waals surface area (Å²) >= 11 is 18.7. The van der Waals surface area contributed by atoms with Crippen LogP contribution in [0.25, 0.3) is 22.3 Å². The van der Waals surface area contributed by atoms with Gasteiger partial charge in [-0.05, 0) is 36.8 Å². The minimum atomic E-state index is 0.371. The predicted octanol–water partition coefficient (Wildman–Crippen LogP) is 5.57. The van der Waals surface area contributed by atoms with Crippen LogP contribution >= 0.6 is 34.8 Å². The fourth-order valence-electron chi connectivity index (χ4n) is 2.05. The summed E-state index contributed by atoms with van der Waals surface area (Å²) in [5.74, 6) is 0.471. The normalized spacial score (nSPS) is 11.0. The van der Waals surface area contributed by atoms with Gasteiger partial charge in [-0.2, -0.15) is 0 Å². The topological polar surface area (TPSA) is 25.8 Å². The van der Waals surface area contributed by atoms with Crippen molar-refractivity contribution in [2.45, 2.75) is 6.92 Å². The van der Waals surface area contributed by atoms with Crippen molar-refractivity contribution in [1.82, 2.24) is 9.97 Å². The third kappa shape index (κ3) is 2.35. The Hall–Kier alpha value is -1.35. The third-order valence-corrected chi connectivity index (χ3v) is 3.87. The van der Waals surface area contributed by atoms with Crippen molar-refractivity contribution in [3.63, 3.8) is 0 Å². The van der Waals surface area contributed by atoms with E-state index < -0.39 is 0 Å². The molecule has 0 atom stereocenters. The van der Waals surface area contributed by atoms with Crippen molar-refractivity contribution in [2.24, 2.45) is 0 Å². The van der Waals surface area contributed by atoms with E-state index in [2.05, 4.69) is 9.97 Å². The van der Waals surface area contributed by atoms with E-state index in [9.17, 15) is 0 Å². The molecule has 0 saturated heterocycles. The number of halogens is 3. The molecule has 0 aliphatic rings. The Kier molecular flexibility index (Phi) is 3.55. The maximum Gasteiger partial charge on any atom is 0.163 e. The lowest BCUT2D eigenvalue weighted by molar-refractivity contribution is 1.22. The fraction of sp³-hybridized carbons (Fsp3) is 0.0667. The molecule has 100 valence electrons. The van der Waals surface area contributed by atoms with Crippen LogP contribution in [0.3, 0.4) is 0 Å². The summed E-state index contributed by atoms with van der Waals surface area (Å²) in [7, 11) is 0. The van der Waals surface area contributed by atoms with Crippen molar-refractivity contribution in [3.8, 4) is 11.4 Å². The van der Waals surface area contributed by atoms with E-state index in [1.165, 1.54) is 0 Å². The molecule has 2 nitrogen and oxygen atoms in total. The molecule has 0 amide bonds. The SMILES string of the molecule is Cc1cc(Cl)c2nc(-c3ccccc3Cl)nc(Cl)c2c1. The largest absolute Gasteiger partial charge is 0.226 e.